The van der Waals surface area contributed by atoms with Crippen LogP contribution in [0.5, 0.6) is 11.6 Å². The highest BCUT2D eigenvalue weighted by Crippen LogP contribution is 2.31. The van der Waals surface area contributed by atoms with Gasteiger partial charge in [0.2, 0.25) is 0 Å². The number of nitrogens with two attached hydrogens (primary N) is 1. The van der Waals surface area contributed by atoms with Crippen LogP contribution in [0.15, 0.2) is 30.3 Å². The molecule has 19 heavy (non-hydrogen) atoms. The molecule has 6 nitrogen and oxygen atoms in total. The van der Waals surface area contributed by atoms with Gasteiger partial charge < -0.3 is 10.5 Å². The fourth-order valence-electron chi connectivity index (χ4n) is 1.31. The zero-order valence-electron chi connectivity index (χ0n) is 9.34. The first kappa shape index (κ1) is 13.0. The van der Waals surface area contributed by atoms with E-state index in [1.54, 1.807) is 0 Å². The Hall–Kier alpha value is -2.41. The van der Waals surface area contributed by atoms with E-state index in [2.05, 4.69) is 4.98 Å². The third-order valence-electron chi connectivity index (χ3n) is 2.16. The average molecular weight is 284 g/mol. The monoisotopic (exact) mass is 283 g/mol. The molecule has 2 aromatic rings. The number of nitrogens with zero attached hydrogens (tertiary/aromatic N) is 2. The number of anilines is 1. The standard InChI is InChI=1S/C11H7ClFN3O3/c12-7-5-6(1-2-8(7)13)19-11-9(16(17)18)3-4-10(14)15-11/h1-5H,(H2,14,15). The molecule has 0 saturated carbocycles. The molecule has 2 rings (SSSR count). The molecule has 0 aliphatic carbocycles. The Labute approximate surface area is 111 Å². The molecular formula is C11H7ClFN3O3. The molecule has 8 heteroatoms. The Balaban J connectivity index is 2.39. The first-order valence-corrected chi connectivity index (χ1v) is 5.39. The van der Waals surface area contributed by atoms with Gasteiger partial charge in [0, 0.05) is 12.1 Å². The Morgan fingerprint density at radius 1 is 1.37 bits per heavy atom. The number of pyridine rings is 1. The highest BCUT2D eigenvalue weighted by molar-refractivity contribution is 6.30. The first-order valence-electron chi connectivity index (χ1n) is 5.01. The fourth-order valence-corrected chi connectivity index (χ4v) is 1.48. The first-order chi connectivity index (χ1) is 8.97. The largest absolute Gasteiger partial charge is 0.434 e. The van der Waals surface area contributed by atoms with Crippen molar-refractivity contribution in [1.29, 1.82) is 0 Å². The van der Waals surface area contributed by atoms with Crippen molar-refractivity contribution in [3.8, 4) is 11.6 Å². The maximum absolute atomic E-state index is 13.0. The van der Waals surface area contributed by atoms with Gasteiger partial charge in [-0.05, 0) is 18.2 Å². The summed E-state index contributed by atoms with van der Waals surface area (Å²) in [7, 11) is 0. The van der Waals surface area contributed by atoms with Crippen molar-refractivity contribution in [3.05, 3.63) is 51.3 Å². The Morgan fingerprint density at radius 3 is 2.74 bits per heavy atom. The second-order valence-corrected chi connectivity index (χ2v) is 3.90. The quantitative estimate of drug-likeness (QED) is 0.690. The minimum Gasteiger partial charge on any atom is -0.434 e. The normalized spacial score (nSPS) is 10.2. The number of nitro groups is 1. The van der Waals surface area contributed by atoms with E-state index in [1.807, 2.05) is 0 Å². The van der Waals surface area contributed by atoms with Crippen LogP contribution in [0.25, 0.3) is 0 Å². The van der Waals surface area contributed by atoms with Crippen LogP contribution in [0.2, 0.25) is 5.02 Å². The average Bonchev–Trinajstić information content (AvgIpc) is 2.33. The molecule has 2 N–H and O–H groups in total. The summed E-state index contributed by atoms with van der Waals surface area (Å²) in [5.41, 5.74) is 5.08. The zero-order valence-corrected chi connectivity index (χ0v) is 10.1. The Morgan fingerprint density at radius 2 is 2.11 bits per heavy atom. The summed E-state index contributed by atoms with van der Waals surface area (Å²) < 4.78 is 18.2. The van der Waals surface area contributed by atoms with Crippen molar-refractivity contribution in [2.75, 3.05) is 5.73 Å². The van der Waals surface area contributed by atoms with E-state index in [9.17, 15) is 14.5 Å². The van der Waals surface area contributed by atoms with E-state index in [4.69, 9.17) is 22.1 Å². The van der Waals surface area contributed by atoms with Crippen molar-refractivity contribution >= 4 is 23.1 Å². The second-order valence-electron chi connectivity index (χ2n) is 3.50. The van der Waals surface area contributed by atoms with Crippen molar-refractivity contribution in [2.24, 2.45) is 0 Å². The Bertz CT molecular complexity index is 651. The van der Waals surface area contributed by atoms with Gasteiger partial charge >= 0.3 is 11.6 Å². The van der Waals surface area contributed by atoms with Crippen LogP contribution in [0.4, 0.5) is 15.9 Å². The van der Waals surface area contributed by atoms with Gasteiger partial charge in [-0.25, -0.2) is 4.39 Å². The molecule has 1 aromatic carbocycles. The van der Waals surface area contributed by atoms with Gasteiger partial charge in [0.15, 0.2) is 0 Å². The van der Waals surface area contributed by atoms with Crippen LogP contribution in [0.1, 0.15) is 0 Å². The van der Waals surface area contributed by atoms with Gasteiger partial charge in [0.25, 0.3) is 0 Å². The number of rotatable bonds is 3. The lowest BCUT2D eigenvalue weighted by Crippen LogP contribution is -1.99. The molecule has 0 fully saturated rings. The Kier molecular flexibility index (Phi) is 3.48. The highest BCUT2D eigenvalue weighted by atomic mass is 35.5. The van der Waals surface area contributed by atoms with Crippen LogP contribution in [-0.4, -0.2) is 9.91 Å². The number of benzene rings is 1. The number of hydrogen-bond donors (Lipinski definition) is 1. The van der Waals surface area contributed by atoms with Gasteiger partial charge in [0.1, 0.15) is 17.4 Å². The summed E-state index contributed by atoms with van der Waals surface area (Å²) in [4.78, 5) is 13.9. The molecule has 0 atom stereocenters. The van der Waals surface area contributed by atoms with E-state index < -0.39 is 10.7 Å². The topological polar surface area (TPSA) is 91.3 Å². The summed E-state index contributed by atoms with van der Waals surface area (Å²) in [6.07, 6.45) is 0. The van der Waals surface area contributed by atoms with E-state index in [0.29, 0.717) is 0 Å². The van der Waals surface area contributed by atoms with Crippen molar-refractivity contribution in [1.82, 2.24) is 4.98 Å². The summed E-state index contributed by atoms with van der Waals surface area (Å²) in [5, 5.41) is 10.6. The summed E-state index contributed by atoms with van der Waals surface area (Å²) in [6.45, 7) is 0. The molecule has 0 saturated heterocycles. The van der Waals surface area contributed by atoms with Gasteiger partial charge in [-0.2, -0.15) is 4.98 Å². The van der Waals surface area contributed by atoms with E-state index in [0.717, 1.165) is 6.07 Å². The molecule has 0 aliphatic rings. The third-order valence-corrected chi connectivity index (χ3v) is 2.45. The predicted octanol–water partition coefficient (Wildman–Crippen LogP) is 3.16. The van der Waals surface area contributed by atoms with Crippen molar-refractivity contribution in [3.63, 3.8) is 0 Å². The molecular weight excluding hydrogens is 277 g/mol. The zero-order chi connectivity index (χ0) is 14.0. The van der Waals surface area contributed by atoms with Crippen LogP contribution < -0.4 is 10.5 Å². The molecule has 0 unspecified atom stereocenters. The molecule has 0 aliphatic heterocycles. The number of nitrogen functional groups attached to an aromatic ring is 1. The van der Waals surface area contributed by atoms with Crippen LogP contribution in [0.3, 0.4) is 0 Å². The molecule has 1 aromatic heterocycles. The van der Waals surface area contributed by atoms with Gasteiger partial charge in [-0.15, -0.1) is 0 Å². The highest BCUT2D eigenvalue weighted by Gasteiger charge is 2.18. The molecule has 0 bridgehead atoms. The second kappa shape index (κ2) is 5.07. The number of hydrogen-bond acceptors (Lipinski definition) is 5. The summed E-state index contributed by atoms with van der Waals surface area (Å²) >= 11 is 5.58. The molecule has 0 amide bonds. The third kappa shape index (κ3) is 2.89. The van der Waals surface area contributed by atoms with Crippen molar-refractivity contribution in [2.45, 2.75) is 0 Å². The number of aromatic nitrogens is 1. The SMILES string of the molecule is Nc1ccc([N+](=O)[O-])c(Oc2ccc(F)c(Cl)c2)n1. The summed E-state index contributed by atoms with van der Waals surface area (Å²) in [5.74, 6) is -0.724. The minimum absolute atomic E-state index is 0.0637. The lowest BCUT2D eigenvalue weighted by atomic mass is 10.3. The van der Waals surface area contributed by atoms with Crippen molar-refractivity contribution < 1.29 is 14.1 Å². The number of halogens is 2. The fraction of sp³-hybridized carbons (Fsp3) is 0. The predicted molar refractivity (Wildman–Crippen MR) is 66.8 cm³/mol. The summed E-state index contributed by atoms with van der Waals surface area (Å²) in [6, 6.07) is 5.99. The van der Waals surface area contributed by atoms with Gasteiger partial charge in [-0.1, -0.05) is 11.6 Å². The minimum atomic E-state index is -0.660. The van der Waals surface area contributed by atoms with Crippen LogP contribution in [0, 0.1) is 15.9 Å². The maximum atomic E-state index is 13.0. The van der Waals surface area contributed by atoms with E-state index in [1.165, 1.54) is 24.3 Å². The van der Waals surface area contributed by atoms with Crippen LogP contribution in [-0.2, 0) is 0 Å². The smallest absolute Gasteiger partial charge is 0.331 e. The maximum Gasteiger partial charge on any atom is 0.331 e. The molecule has 0 spiro atoms. The number of ether oxygens (including phenoxy) is 1. The molecule has 0 radical (unpaired) electrons. The van der Waals surface area contributed by atoms with E-state index >= 15 is 0 Å². The molecule has 1 heterocycles. The lowest BCUT2D eigenvalue weighted by molar-refractivity contribution is -0.386. The van der Waals surface area contributed by atoms with E-state index in [-0.39, 0.29) is 28.2 Å². The van der Waals surface area contributed by atoms with Gasteiger partial charge in [-0.3, -0.25) is 10.1 Å². The van der Waals surface area contributed by atoms with Crippen LogP contribution >= 0.6 is 11.6 Å². The lowest BCUT2D eigenvalue weighted by Gasteiger charge is -2.06. The van der Waals surface area contributed by atoms with Gasteiger partial charge in [0.05, 0.1) is 9.95 Å². The molecule has 98 valence electrons.